The Labute approximate surface area is 142 Å². The van der Waals surface area contributed by atoms with E-state index in [0.29, 0.717) is 0 Å². The number of nitrogens with one attached hydrogen (secondary N) is 5. The van der Waals surface area contributed by atoms with Crippen LogP contribution in [0.2, 0.25) is 0 Å². The SMILES string of the molecule is CC(C)NC(=O)CNC(=O)CNC(=O)CNC(=O)CNC(C)(C)C. The van der Waals surface area contributed by atoms with Crippen molar-refractivity contribution in [1.29, 1.82) is 0 Å². The maximum Gasteiger partial charge on any atom is 0.239 e. The second kappa shape index (κ2) is 10.6. The maximum absolute atomic E-state index is 11.5. The monoisotopic (exact) mass is 343 g/mol. The molecule has 24 heavy (non-hydrogen) atoms. The summed E-state index contributed by atoms with van der Waals surface area (Å²) >= 11 is 0. The molecule has 0 heterocycles. The highest BCUT2D eigenvalue weighted by Crippen LogP contribution is 1.96. The fourth-order valence-electron chi connectivity index (χ4n) is 1.44. The van der Waals surface area contributed by atoms with Gasteiger partial charge in [0, 0.05) is 11.6 Å². The van der Waals surface area contributed by atoms with Crippen molar-refractivity contribution in [3.63, 3.8) is 0 Å². The van der Waals surface area contributed by atoms with E-state index in [0.717, 1.165) is 0 Å². The summed E-state index contributed by atoms with van der Waals surface area (Å²) in [6, 6.07) is -0.00881. The minimum absolute atomic E-state index is 0.00881. The first-order valence-electron chi connectivity index (χ1n) is 7.84. The Morgan fingerprint density at radius 2 is 1.08 bits per heavy atom. The van der Waals surface area contributed by atoms with Crippen LogP contribution < -0.4 is 26.6 Å². The van der Waals surface area contributed by atoms with Gasteiger partial charge in [-0.1, -0.05) is 0 Å². The van der Waals surface area contributed by atoms with Gasteiger partial charge in [-0.05, 0) is 34.6 Å². The summed E-state index contributed by atoms with van der Waals surface area (Å²) in [6.07, 6.45) is 0. The molecule has 0 saturated heterocycles. The van der Waals surface area contributed by atoms with E-state index in [1.165, 1.54) is 0 Å². The van der Waals surface area contributed by atoms with Crippen molar-refractivity contribution in [2.75, 3.05) is 26.2 Å². The Morgan fingerprint density at radius 1 is 0.708 bits per heavy atom. The minimum Gasteiger partial charge on any atom is -0.352 e. The lowest BCUT2D eigenvalue weighted by atomic mass is 10.1. The largest absolute Gasteiger partial charge is 0.352 e. The lowest BCUT2D eigenvalue weighted by Gasteiger charge is -2.19. The first-order valence-corrected chi connectivity index (χ1v) is 7.84. The number of carbonyl (C=O) groups excluding carboxylic acids is 4. The molecule has 0 spiro atoms. The van der Waals surface area contributed by atoms with Gasteiger partial charge in [0.1, 0.15) is 0 Å². The van der Waals surface area contributed by atoms with Crippen molar-refractivity contribution in [1.82, 2.24) is 26.6 Å². The Morgan fingerprint density at radius 3 is 1.46 bits per heavy atom. The van der Waals surface area contributed by atoms with Gasteiger partial charge in [0.25, 0.3) is 0 Å². The molecule has 0 aliphatic heterocycles. The van der Waals surface area contributed by atoms with Crippen molar-refractivity contribution in [2.24, 2.45) is 0 Å². The molecule has 0 aliphatic rings. The third-order valence-corrected chi connectivity index (χ3v) is 2.57. The molecule has 138 valence electrons. The molecule has 0 saturated carbocycles. The molecule has 0 rings (SSSR count). The van der Waals surface area contributed by atoms with Crippen LogP contribution in [0.5, 0.6) is 0 Å². The Hall–Kier alpha value is -2.16. The number of amides is 4. The molecule has 0 aliphatic carbocycles. The van der Waals surface area contributed by atoms with Gasteiger partial charge in [0.15, 0.2) is 0 Å². The van der Waals surface area contributed by atoms with Gasteiger partial charge in [0.05, 0.1) is 26.2 Å². The normalized spacial score (nSPS) is 10.9. The summed E-state index contributed by atoms with van der Waals surface area (Å²) in [4.78, 5) is 45.9. The summed E-state index contributed by atoms with van der Waals surface area (Å²) in [7, 11) is 0. The zero-order valence-electron chi connectivity index (χ0n) is 15.0. The number of carbonyl (C=O) groups is 4. The molecule has 0 aromatic rings. The van der Waals surface area contributed by atoms with Gasteiger partial charge in [-0.25, -0.2) is 0 Å². The van der Waals surface area contributed by atoms with Crippen LogP contribution in [0.25, 0.3) is 0 Å². The lowest BCUT2D eigenvalue weighted by Crippen LogP contribution is -2.47. The molecule has 0 aromatic heterocycles. The van der Waals surface area contributed by atoms with E-state index in [1.807, 2.05) is 34.6 Å². The molecule has 9 nitrogen and oxygen atoms in total. The zero-order valence-corrected chi connectivity index (χ0v) is 15.0. The van der Waals surface area contributed by atoms with E-state index in [4.69, 9.17) is 0 Å². The van der Waals surface area contributed by atoms with Crippen molar-refractivity contribution in [3.8, 4) is 0 Å². The highest BCUT2D eigenvalue weighted by molar-refractivity contribution is 5.90. The standard InChI is InChI=1S/C15H29N5O4/c1-10(2)20-14(24)8-18-12(22)6-16-11(21)7-17-13(23)9-19-15(3,4)5/h10,19H,6-9H2,1-5H3,(H,16,21)(H,17,23)(H,18,22)(H,20,24). The second-order valence-corrected chi connectivity index (χ2v) is 6.66. The number of rotatable bonds is 9. The fourth-order valence-corrected chi connectivity index (χ4v) is 1.44. The number of hydrogen-bond donors (Lipinski definition) is 5. The van der Waals surface area contributed by atoms with Crippen LogP contribution in [0.3, 0.4) is 0 Å². The maximum atomic E-state index is 11.5. The van der Waals surface area contributed by atoms with Gasteiger partial charge in [-0.15, -0.1) is 0 Å². The molecule has 0 bridgehead atoms. The molecular formula is C15H29N5O4. The van der Waals surface area contributed by atoms with Crippen LogP contribution in [-0.2, 0) is 19.2 Å². The predicted octanol–water partition coefficient (Wildman–Crippen LogP) is -1.75. The van der Waals surface area contributed by atoms with Gasteiger partial charge in [-0.3, -0.25) is 19.2 Å². The van der Waals surface area contributed by atoms with E-state index >= 15 is 0 Å². The summed E-state index contributed by atoms with van der Waals surface area (Å²) in [5, 5.41) is 12.8. The molecule has 0 aromatic carbocycles. The smallest absolute Gasteiger partial charge is 0.239 e. The van der Waals surface area contributed by atoms with Gasteiger partial charge in [-0.2, -0.15) is 0 Å². The first-order chi connectivity index (χ1) is 11.0. The predicted molar refractivity (Wildman–Crippen MR) is 90.1 cm³/mol. The van der Waals surface area contributed by atoms with Crippen molar-refractivity contribution < 1.29 is 19.2 Å². The summed E-state index contributed by atoms with van der Waals surface area (Å²) < 4.78 is 0. The molecule has 0 atom stereocenters. The van der Waals surface area contributed by atoms with Gasteiger partial charge in [0.2, 0.25) is 23.6 Å². The second-order valence-electron chi connectivity index (χ2n) is 6.66. The molecule has 4 amide bonds. The fraction of sp³-hybridized carbons (Fsp3) is 0.733. The van der Waals surface area contributed by atoms with Crippen LogP contribution in [0.4, 0.5) is 0 Å². The quantitative estimate of drug-likeness (QED) is 0.339. The van der Waals surface area contributed by atoms with Crippen LogP contribution in [0, 0.1) is 0 Å². The summed E-state index contributed by atoms with van der Waals surface area (Å²) in [5.74, 6) is -1.58. The molecule has 0 unspecified atom stereocenters. The highest BCUT2D eigenvalue weighted by atomic mass is 16.2. The lowest BCUT2D eigenvalue weighted by molar-refractivity contribution is -0.128. The van der Waals surface area contributed by atoms with E-state index in [2.05, 4.69) is 26.6 Å². The van der Waals surface area contributed by atoms with E-state index in [1.54, 1.807) is 0 Å². The first kappa shape index (κ1) is 21.8. The van der Waals surface area contributed by atoms with Crippen LogP contribution >= 0.6 is 0 Å². The van der Waals surface area contributed by atoms with Crippen LogP contribution in [0.15, 0.2) is 0 Å². The topological polar surface area (TPSA) is 128 Å². The summed E-state index contributed by atoms with van der Waals surface area (Å²) in [6.45, 7) is 8.86. The van der Waals surface area contributed by atoms with E-state index in [-0.39, 0.29) is 49.6 Å². The van der Waals surface area contributed by atoms with Crippen molar-refractivity contribution in [2.45, 2.75) is 46.2 Å². The third kappa shape index (κ3) is 13.5. The van der Waals surface area contributed by atoms with Gasteiger partial charge >= 0.3 is 0 Å². The highest BCUT2D eigenvalue weighted by Gasteiger charge is 2.12. The van der Waals surface area contributed by atoms with Gasteiger partial charge < -0.3 is 26.6 Å². The van der Waals surface area contributed by atoms with Crippen LogP contribution in [-0.4, -0.2) is 61.4 Å². The average molecular weight is 343 g/mol. The van der Waals surface area contributed by atoms with E-state index < -0.39 is 11.8 Å². The Kier molecular flexibility index (Phi) is 9.63. The zero-order chi connectivity index (χ0) is 18.8. The molecule has 0 radical (unpaired) electrons. The van der Waals surface area contributed by atoms with E-state index in [9.17, 15) is 19.2 Å². The van der Waals surface area contributed by atoms with Crippen molar-refractivity contribution in [3.05, 3.63) is 0 Å². The molecule has 9 heteroatoms. The molecule has 5 N–H and O–H groups in total. The molecular weight excluding hydrogens is 314 g/mol. The third-order valence-electron chi connectivity index (χ3n) is 2.57. The number of hydrogen-bond acceptors (Lipinski definition) is 5. The minimum atomic E-state index is -0.485. The Bertz CT molecular complexity index is 457. The molecule has 0 fully saturated rings. The summed E-state index contributed by atoms with van der Waals surface area (Å²) in [5.41, 5.74) is -0.195. The van der Waals surface area contributed by atoms with Crippen molar-refractivity contribution >= 4 is 23.6 Å². The van der Waals surface area contributed by atoms with Crippen LogP contribution in [0.1, 0.15) is 34.6 Å². The average Bonchev–Trinajstić information content (AvgIpc) is 2.45. The Balaban J connectivity index is 3.83.